The highest BCUT2D eigenvalue weighted by molar-refractivity contribution is 6.33. The number of halogens is 2. The second kappa shape index (κ2) is 7.62. The number of carbonyl (C=O) groups is 2. The number of rotatable bonds is 0. The first-order valence-corrected chi connectivity index (χ1v) is 9.33. The van der Waals surface area contributed by atoms with Gasteiger partial charge in [-0.15, -0.1) is 11.6 Å². The molecule has 2 bridgehead atoms. The third-order valence-corrected chi connectivity index (χ3v) is 5.68. The fourth-order valence-corrected chi connectivity index (χ4v) is 4.01. The Bertz CT molecular complexity index is 735. The predicted molar refractivity (Wildman–Crippen MR) is 95.1 cm³/mol. The Balaban J connectivity index is 2.01. The van der Waals surface area contributed by atoms with Crippen molar-refractivity contribution in [2.75, 3.05) is 0 Å². The quantitative estimate of drug-likeness (QED) is 0.510. The summed E-state index contributed by atoms with van der Waals surface area (Å²) in [6, 6.07) is 0.968. The number of ketones is 1. The normalized spacial score (nSPS) is 30.0. The average molecular weight is 403 g/mol. The molecule has 0 amide bonds. The molecular weight excluding hydrogens is 383 g/mol. The second-order valence-corrected chi connectivity index (χ2v) is 7.78. The van der Waals surface area contributed by atoms with E-state index in [1.54, 1.807) is 6.92 Å². The molecule has 1 fully saturated rings. The van der Waals surface area contributed by atoms with Gasteiger partial charge >= 0.3 is 5.97 Å². The Morgan fingerprint density at radius 3 is 2.65 bits per heavy atom. The number of hydrogen-bond donors (Lipinski definition) is 2. The molecule has 26 heavy (non-hydrogen) atoms. The summed E-state index contributed by atoms with van der Waals surface area (Å²) in [5.41, 5.74) is -0.128. The molecule has 0 aromatic heterocycles. The molecule has 8 heteroatoms. The van der Waals surface area contributed by atoms with Crippen LogP contribution in [-0.2, 0) is 20.7 Å². The Morgan fingerprint density at radius 2 is 1.92 bits per heavy atom. The minimum Gasteiger partial charge on any atom is -0.507 e. The van der Waals surface area contributed by atoms with E-state index in [0.717, 1.165) is 6.07 Å². The molecule has 1 saturated heterocycles. The molecule has 142 valence electrons. The number of hydrogen-bond acceptors (Lipinski definition) is 6. The molecule has 0 spiro atoms. The standard InChI is InChI=1S/C18H20Cl2O6/c1-8-4-15-12(19)3-2-10(26-15)5-9(21)6-11-16(18(24)25-8)13(22)7-14(23)17(11)20/h7-8,10,12,15,22-23H,2-6H2,1H3/t8-,10+,12-,15+/m1/s1. The van der Waals surface area contributed by atoms with Gasteiger partial charge in [-0.3, -0.25) is 4.79 Å². The van der Waals surface area contributed by atoms with Crippen molar-refractivity contribution in [3.63, 3.8) is 0 Å². The van der Waals surface area contributed by atoms with Gasteiger partial charge in [-0.25, -0.2) is 4.79 Å². The molecule has 1 aromatic rings. The van der Waals surface area contributed by atoms with Crippen molar-refractivity contribution in [2.45, 2.75) is 62.7 Å². The third-order valence-electron chi connectivity index (χ3n) is 4.76. The zero-order valence-corrected chi connectivity index (χ0v) is 15.7. The Morgan fingerprint density at radius 1 is 1.19 bits per heavy atom. The van der Waals surface area contributed by atoms with Crippen LogP contribution in [0.4, 0.5) is 0 Å². The fraction of sp³-hybridized carbons (Fsp3) is 0.556. The van der Waals surface area contributed by atoms with E-state index in [2.05, 4.69) is 0 Å². The summed E-state index contributed by atoms with van der Waals surface area (Å²) in [5, 5.41) is 19.6. The number of alkyl halides is 1. The van der Waals surface area contributed by atoms with Crippen LogP contribution < -0.4 is 0 Å². The van der Waals surface area contributed by atoms with E-state index in [-0.39, 0.29) is 52.4 Å². The molecule has 2 aliphatic rings. The third kappa shape index (κ3) is 3.92. The van der Waals surface area contributed by atoms with Gasteiger partial charge in [-0.1, -0.05) is 11.6 Å². The number of carbonyl (C=O) groups excluding carboxylic acids is 2. The van der Waals surface area contributed by atoms with E-state index < -0.39 is 23.6 Å². The van der Waals surface area contributed by atoms with Crippen LogP contribution in [0.3, 0.4) is 0 Å². The molecule has 6 nitrogen and oxygen atoms in total. The molecule has 2 heterocycles. The van der Waals surface area contributed by atoms with Crippen LogP contribution in [0, 0.1) is 0 Å². The van der Waals surface area contributed by atoms with E-state index in [9.17, 15) is 19.8 Å². The van der Waals surface area contributed by atoms with Crippen molar-refractivity contribution in [1.82, 2.24) is 0 Å². The number of phenolic OH excluding ortho intramolecular Hbond substituents is 2. The summed E-state index contributed by atoms with van der Waals surface area (Å²) in [6.07, 6.45) is 0.596. The van der Waals surface area contributed by atoms with Crippen molar-refractivity contribution in [3.8, 4) is 11.5 Å². The molecule has 3 rings (SSSR count). The van der Waals surface area contributed by atoms with Crippen molar-refractivity contribution in [2.24, 2.45) is 0 Å². The smallest absolute Gasteiger partial charge is 0.342 e. The lowest BCUT2D eigenvalue weighted by atomic mass is 9.93. The molecule has 1 aromatic carbocycles. The Kier molecular flexibility index (Phi) is 5.65. The summed E-state index contributed by atoms with van der Waals surface area (Å²) in [5.74, 6) is -1.90. The molecule has 0 saturated carbocycles. The van der Waals surface area contributed by atoms with Gasteiger partial charge in [0.15, 0.2) is 0 Å². The number of ether oxygens (including phenoxy) is 2. The van der Waals surface area contributed by atoms with Crippen LogP contribution in [0.2, 0.25) is 5.02 Å². The van der Waals surface area contributed by atoms with E-state index in [1.165, 1.54) is 0 Å². The summed E-state index contributed by atoms with van der Waals surface area (Å²) in [6.45, 7) is 1.71. The highest BCUT2D eigenvalue weighted by atomic mass is 35.5. The number of phenols is 2. The maximum Gasteiger partial charge on any atom is 0.342 e. The van der Waals surface area contributed by atoms with E-state index in [0.29, 0.717) is 19.3 Å². The molecule has 0 aliphatic carbocycles. The Labute approximate surface area is 161 Å². The van der Waals surface area contributed by atoms with Crippen molar-refractivity contribution in [3.05, 3.63) is 22.2 Å². The van der Waals surface area contributed by atoms with Gasteiger partial charge in [0.05, 0.1) is 22.6 Å². The van der Waals surface area contributed by atoms with Gasteiger partial charge in [0, 0.05) is 30.9 Å². The SMILES string of the molecule is C[C@@H]1C[C@@H]2O[C@@H](CC[C@H]2Cl)CC(=O)Cc2c(Cl)c(O)cc(O)c2C(=O)O1. The summed E-state index contributed by atoms with van der Waals surface area (Å²) in [4.78, 5) is 25.1. The number of benzene rings is 1. The predicted octanol–water partition coefficient (Wildman–Crippen LogP) is 3.36. The monoisotopic (exact) mass is 402 g/mol. The molecule has 4 atom stereocenters. The number of aromatic hydroxyl groups is 2. The maximum atomic E-state index is 12.6. The number of fused-ring (bicyclic) bond motifs is 3. The van der Waals surface area contributed by atoms with Crippen molar-refractivity contribution < 1.29 is 29.3 Å². The minimum absolute atomic E-state index is 0.0644. The van der Waals surface area contributed by atoms with Gasteiger partial charge in [-0.05, 0) is 19.8 Å². The summed E-state index contributed by atoms with van der Waals surface area (Å²) < 4.78 is 11.3. The van der Waals surface area contributed by atoms with Gasteiger partial charge in [0.1, 0.15) is 28.9 Å². The lowest BCUT2D eigenvalue weighted by Crippen LogP contribution is -2.40. The zero-order chi connectivity index (χ0) is 19.0. The first kappa shape index (κ1) is 19.3. The van der Waals surface area contributed by atoms with E-state index in [4.69, 9.17) is 32.7 Å². The number of cyclic esters (lactones) is 1. The maximum absolute atomic E-state index is 12.6. The highest BCUT2D eigenvalue weighted by Gasteiger charge is 2.35. The van der Waals surface area contributed by atoms with Crippen LogP contribution in [-0.4, -0.2) is 45.7 Å². The number of Topliss-reactive ketones (excluding diaryl/α,β-unsaturated/α-hetero) is 1. The van der Waals surface area contributed by atoms with Crippen LogP contribution in [0.1, 0.15) is 48.5 Å². The van der Waals surface area contributed by atoms with Crippen LogP contribution >= 0.6 is 23.2 Å². The highest BCUT2D eigenvalue weighted by Crippen LogP contribution is 2.38. The van der Waals surface area contributed by atoms with Crippen LogP contribution in [0.15, 0.2) is 6.07 Å². The second-order valence-electron chi connectivity index (χ2n) is 6.84. The molecular formula is C18H20Cl2O6. The van der Waals surface area contributed by atoms with Gasteiger partial charge in [0.25, 0.3) is 0 Å². The van der Waals surface area contributed by atoms with E-state index >= 15 is 0 Å². The first-order valence-electron chi connectivity index (χ1n) is 8.51. The molecule has 0 unspecified atom stereocenters. The van der Waals surface area contributed by atoms with Crippen molar-refractivity contribution >= 4 is 35.0 Å². The number of esters is 1. The van der Waals surface area contributed by atoms with Gasteiger partial charge in [-0.2, -0.15) is 0 Å². The summed E-state index contributed by atoms with van der Waals surface area (Å²) in [7, 11) is 0. The molecule has 2 N–H and O–H groups in total. The molecule has 0 radical (unpaired) electrons. The van der Waals surface area contributed by atoms with Crippen molar-refractivity contribution in [1.29, 1.82) is 0 Å². The Hall–Kier alpha value is -1.50. The first-order chi connectivity index (χ1) is 12.3. The van der Waals surface area contributed by atoms with Gasteiger partial charge in [0.2, 0.25) is 0 Å². The average Bonchev–Trinajstić information content (AvgIpc) is 2.54. The van der Waals surface area contributed by atoms with Crippen LogP contribution in [0.5, 0.6) is 11.5 Å². The van der Waals surface area contributed by atoms with Gasteiger partial charge < -0.3 is 19.7 Å². The minimum atomic E-state index is -0.807. The van der Waals surface area contributed by atoms with E-state index in [1.807, 2.05) is 0 Å². The lowest BCUT2D eigenvalue weighted by molar-refractivity contribution is -0.125. The lowest BCUT2D eigenvalue weighted by Gasteiger charge is -2.35. The largest absolute Gasteiger partial charge is 0.507 e. The zero-order valence-electron chi connectivity index (χ0n) is 14.2. The summed E-state index contributed by atoms with van der Waals surface area (Å²) >= 11 is 12.4. The topological polar surface area (TPSA) is 93.1 Å². The fourth-order valence-electron chi connectivity index (χ4n) is 3.50. The van der Waals surface area contributed by atoms with Crippen LogP contribution in [0.25, 0.3) is 0 Å². The molecule has 2 aliphatic heterocycles.